The minimum Gasteiger partial charge on any atom is -0.373 e. The molecule has 29 heavy (non-hydrogen) atoms. The molecule has 7 heteroatoms. The maximum Gasteiger partial charge on any atom is 0.224 e. The van der Waals surface area contributed by atoms with Crippen molar-refractivity contribution in [3.8, 4) is 0 Å². The zero-order valence-electron chi connectivity index (χ0n) is 16.6. The molecule has 2 aromatic rings. The molecule has 1 heterocycles. The van der Waals surface area contributed by atoms with Crippen LogP contribution in [0.15, 0.2) is 42.5 Å². The van der Waals surface area contributed by atoms with E-state index >= 15 is 0 Å². The summed E-state index contributed by atoms with van der Waals surface area (Å²) in [6.07, 6.45) is 0.252. The van der Waals surface area contributed by atoms with Gasteiger partial charge in [0.25, 0.3) is 0 Å². The largest absolute Gasteiger partial charge is 0.373 e. The number of nitrogens with one attached hydrogen (secondary N) is 1. The molecule has 0 radical (unpaired) electrons. The van der Waals surface area contributed by atoms with Crippen LogP contribution in [-0.4, -0.2) is 42.1 Å². The number of morpholine rings is 1. The second-order valence-corrected chi connectivity index (χ2v) is 9.23. The number of benzene rings is 2. The van der Waals surface area contributed by atoms with Gasteiger partial charge in [0.15, 0.2) is 0 Å². The van der Waals surface area contributed by atoms with Gasteiger partial charge < -0.3 is 10.1 Å². The summed E-state index contributed by atoms with van der Waals surface area (Å²) in [5.74, 6) is -0.0308. The van der Waals surface area contributed by atoms with E-state index in [2.05, 4.69) is 24.1 Å². The molecule has 0 bridgehead atoms. The summed E-state index contributed by atoms with van der Waals surface area (Å²) < 4.78 is 6.00. The monoisotopic (exact) mass is 454 g/mol. The summed E-state index contributed by atoms with van der Waals surface area (Å²) in [6.45, 7) is 6.82. The number of rotatable bonds is 6. The van der Waals surface area contributed by atoms with E-state index < -0.39 is 0 Å². The minimum absolute atomic E-state index is 0.0308. The van der Waals surface area contributed by atoms with E-state index in [0.29, 0.717) is 41.2 Å². The number of ether oxygens (including phenoxy) is 1. The highest BCUT2D eigenvalue weighted by Gasteiger charge is 2.35. The van der Waals surface area contributed by atoms with Gasteiger partial charge >= 0.3 is 0 Å². The van der Waals surface area contributed by atoms with E-state index in [-0.39, 0.29) is 17.6 Å². The summed E-state index contributed by atoms with van der Waals surface area (Å²) in [7, 11) is 0. The lowest BCUT2D eigenvalue weighted by Gasteiger charge is -2.45. The van der Waals surface area contributed by atoms with Crippen LogP contribution in [0.2, 0.25) is 15.1 Å². The Hall–Kier alpha value is -1.30. The van der Waals surface area contributed by atoms with E-state index in [1.54, 1.807) is 12.1 Å². The molecule has 0 spiro atoms. The Bertz CT molecular complexity index is 856. The lowest BCUT2D eigenvalue weighted by atomic mass is 9.99. The van der Waals surface area contributed by atoms with Crippen molar-refractivity contribution in [2.75, 3.05) is 19.7 Å². The molecule has 1 saturated heterocycles. The maximum atomic E-state index is 12.3. The standard InChI is InChI=1S/C22H25Cl3N2O2/c1-22(2)14-29-18(11-26-21(28)10-15-3-6-17(23)7-4-15)13-27(22)12-16-5-8-19(24)20(25)9-16/h3-9,18H,10-14H2,1-2H3,(H,26,28). The molecule has 1 fully saturated rings. The van der Waals surface area contributed by atoms with Crippen molar-refractivity contribution < 1.29 is 9.53 Å². The quantitative estimate of drug-likeness (QED) is 0.667. The second-order valence-electron chi connectivity index (χ2n) is 7.98. The summed E-state index contributed by atoms with van der Waals surface area (Å²) >= 11 is 18.1. The van der Waals surface area contributed by atoms with Crippen LogP contribution < -0.4 is 5.32 Å². The highest BCUT2D eigenvalue weighted by molar-refractivity contribution is 6.42. The van der Waals surface area contributed by atoms with Gasteiger partial charge in [0.05, 0.1) is 29.2 Å². The molecule has 1 aliphatic rings. The Labute approximate surface area is 187 Å². The van der Waals surface area contributed by atoms with Gasteiger partial charge in [0.2, 0.25) is 5.91 Å². The van der Waals surface area contributed by atoms with Gasteiger partial charge in [0.1, 0.15) is 0 Å². The topological polar surface area (TPSA) is 41.6 Å². The Kier molecular flexibility index (Phi) is 7.47. The minimum atomic E-state index is -0.115. The maximum absolute atomic E-state index is 12.3. The number of carbonyl (C=O) groups is 1. The third-order valence-electron chi connectivity index (χ3n) is 5.11. The van der Waals surface area contributed by atoms with Gasteiger partial charge in [0, 0.05) is 30.2 Å². The zero-order chi connectivity index (χ0) is 21.0. The Balaban J connectivity index is 1.54. The fourth-order valence-electron chi connectivity index (χ4n) is 3.30. The van der Waals surface area contributed by atoms with E-state index in [1.165, 1.54) is 0 Å². The summed E-state index contributed by atoms with van der Waals surface area (Å²) in [6, 6.07) is 13.0. The van der Waals surface area contributed by atoms with Crippen molar-refractivity contribution in [2.24, 2.45) is 0 Å². The molecular formula is C22H25Cl3N2O2. The number of hydrogen-bond donors (Lipinski definition) is 1. The Morgan fingerprint density at radius 1 is 1.10 bits per heavy atom. The molecule has 1 N–H and O–H groups in total. The molecule has 2 aromatic carbocycles. The van der Waals surface area contributed by atoms with Gasteiger partial charge in [-0.3, -0.25) is 9.69 Å². The van der Waals surface area contributed by atoms with Crippen molar-refractivity contribution in [2.45, 2.75) is 38.5 Å². The van der Waals surface area contributed by atoms with Crippen molar-refractivity contribution in [3.63, 3.8) is 0 Å². The highest BCUT2D eigenvalue weighted by Crippen LogP contribution is 2.27. The molecule has 156 valence electrons. The van der Waals surface area contributed by atoms with Gasteiger partial charge in [-0.25, -0.2) is 0 Å². The predicted octanol–water partition coefficient (Wildman–Crippen LogP) is 4.99. The molecular weight excluding hydrogens is 431 g/mol. The number of halogens is 3. The number of carbonyl (C=O) groups excluding carboxylic acids is 1. The SMILES string of the molecule is CC1(C)COC(CNC(=O)Cc2ccc(Cl)cc2)CN1Cc1ccc(Cl)c(Cl)c1. The molecule has 1 unspecified atom stereocenters. The predicted molar refractivity (Wildman–Crippen MR) is 119 cm³/mol. The molecule has 4 nitrogen and oxygen atoms in total. The van der Waals surface area contributed by atoms with E-state index in [9.17, 15) is 4.79 Å². The van der Waals surface area contributed by atoms with E-state index in [4.69, 9.17) is 39.5 Å². The molecule has 0 saturated carbocycles. The first-order valence-corrected chi connectivity index (χ1v) is 10.7. The molecule has 0 aliphatic carbocycles. The first-order valence-electron chi connectivity index (χ1n) is 9.55. The molecule has 1 amide bonds. The van der Waals surface area contributed by atoms with Crippen molar-refractivity contribution in [1.82, 2.24) is 10.2 Å². The second kappa shape index (κ2) is 9.67. The molecule has 1 atom stereocenters. The summed E-state index contributed by atoms with van der Waals surface area (Å²) in [5.41, 5.74) is 1.91. The van der Waals surface area contributed by atoms with Gasteiger partial charge in [-0.05, 0) is 49.2 Å². The van der Waals surface area contributed by atoms with Crippen LogP contribution in [-0.2, 0) is 22.5 Å². The van der Waals surface area contributed by atoms with Crippen LogP contribution >= 0.6 is 34.8 Å². The van der Waals surface area contributed by atoms with Crippen LogP contribution in [0.25, 0.3) is 0 Å². The fourth-order valence-corrected chi connectivity index (χ4v) is 3.74. The van der Waals surface area contributed by atoms with Crippen molar-refractivity contribution >= 4 is 40.7 Å². The number of amides is 1. The van der Waals surface area contributed by atoms with E-state index in [0.717, 1.165) is 17.7 Å². The van der Waals surface area contributed by atoms with Gasteiger partial charge in [-0.15, -0.1) is 0 Å². The first-order chi connectivity index (χ1) is 13.7. The van der Waals surface area contributed by atoms with Crippen LogP contribution in [0.5, 0.6) is 0 Å². The Morgan fingerprint density at radius 2 is 1.79 bits per heavy atom. The fraction of sp³-hybridized carbons (Fsp3) is 0.409. The zero-order valence-corrected chi connectivity index (χ0v) is 18.8. The normalized spacial score (nSPS) is 19.1. The smallest absolute Gasteiger partial charge is 0.224 e. The third-order valence-corrected chi connectivity index (χ3v) is 6.11. The number of nitrogens with zero attached hydrogens (tertiary/aromatic N) is 1. The van der Waals surface area contributed by atoms with Crippen molar-refractivity contribution in [3.05, 3.63) is 68.7 Å². The molecule has 0 aromatic heterocycles. The van der Waals surface area contributed by atoms with Gasteiger partial charge in [-0.2, -0.15) is 0 Å². The van der Waals surface area contributed by atoms with Gasteiger partial charge in [-0.1, -0.05) is 53.0 Å². The molecule has 3 rings (SSSR count). The third kappa shape index (κ3) is 6.34. The number of hydrogen-bond acceptors (Lipinski definition) is 3. The molecule has 1 aliphatic heterocycles. The van der Waals surface area contributed by atoms with Crippen LogP contribution in [0, 0.1) is 0 Å². The van der Waals surface area contributed by atoms with Crippen molar-refractivity contribution in [1.29, 1.82) is 0 Å². The first kappa shape index (κ1) is 22.4. The van der Waals surface area contributed by atoms with E-state index in [1.807, 2.05) is 30.3 Å². The Morgan fingerprint density at radius 3 is 2.48 bits per heavy atom. The van der Waals surface area contributed by atoms with Crippen LogP contribution in [0.3, 0.4) is 0 Å². The lowest BCUT2D eigenvalue weighted by molar-refractivity contribution is -0.124. The average Bonchev–Trinajstić information content (AvgIpc) is 2.67. The summed E-state index contributed by atoms with van der Waals surface area (Å²) in [5, 5.41) is 4.75. The summed E-state index contributed by atoms with van der Waals surface area (Å²) in [4.78, 5) is 14.6. The van der Waals surface area contributed by atoms with Crippen LogP contribution in [0.4, 0.5) is 0 Å². The van der Waals surface area contributed by atoms with Crippen LogP contribution in [0.1, 0.15) is 25.0 Å². The lowest BCUT2D eigenvalue weighted by Crippen LogP contribution is -2.57. The average molecular weight is 456 g/mol. The highest BCUT2D eigenvalue weighted by atomic mass is 35.5.